The second-order valence-electron chi connectivity index (χ2n) is 10.1. The second kappa shape index (κ2) is 10.3. The normalized spacial score (nSPS) is 20.7. The molecule has 2 atom stereocenters. The molecule has 2 saturated heterocycles. The maximum Gasteiger partial charge on any atom is 0.225 e. The lowest BCUT2D eigenvalue weighted by molar-refractivity contribution is -0.125. The maximum atomic E-state index is 14.7. The lowest BCUT2D eigenvalue weighted by Gasteiger charge is -2.27. The van der Waals surface area contributed by atoms with Gasteiger partial charge in [0.2, 0.25) is 5.91 Å². The van der Waals surface area contributed by atoms with Crippen molar-refractivity contribution in [2.24, 2.45) is 5.92 Å². The van der Waals surface area contributed by atoms with Gasteiger partial charge >= 0.3 is 0 Å². The van der Waals surface area contributed by atoms with E-state index in [1.165, 1.54) is 34.7 Å². The molecule has 3 aromatic rings. The molecule has 0 aliphatic carbocycles. The smallest absolute Gasteiger partial charge is 0.225 e. The highest BCUT2D eigenvalue weighted by molar-refractivity contribution is 7.17. The number of hydrogen-bond donors (Lipinski definition) is 1. The van der Waals surface area contributed by atoms with Crippen LogP contribution in [0.5, 0.6) is 11.5 Å². The Bertz CT molecular complexity index is 1240. The largest absolute Gasteiger partial charge is 0.486 e. The Balaban J connectivity index is 1.14. The van der Waals surface area contributed by atoms with E-state index in [1.54, 1.807) is 11.3 Å². The van der Waals surface area contributed by atoms with Gasteiger partial charge in [-0.3, -0.25) is 4.79 Å². The zero-order chi connectivity index (χ0) is 24.5. The molecule has 0 saturated carbocycles. The third-order valence-electron chi connectivity index (χ3n) is 7.53. The molecule has 36 heavy (non-hydrogen) atoms. The minimum Gasteiger partial charge on any atom is -0.486 e. The molecule has 8 heteroatoms. The van der Waals surface area contributed by atoms with E-state index in [-0.39, 0.29) is 23.6 Å². The maximum absolute atomic E-state index is 14.7. The van der Waals surface area contributed by atoms with E-state index in [4.69, 9.17) is 9.47 Å². The first-order chi connectivity index (χ1) is 17.6. The summed E-state index contributed by atoms with van der Waals surface area (Å²) in [5, 5.41) is 6.71. The zero-order valence-electron chi connectivity index (χ0n) is 20.4. The van der Waals surface area contributed by atoms with Gasteiger partial charge in [-0.15, -0.1) is 11.3 Å². The van der Waals surface area contributed by atoms with Gasteiger partial charge in [-0.25, -0.2) is 4.39 Å². The Labute approximate surface area is 215 Å². The molecule has 1 unspecified atom stereocenters. The Morgan fingerprint density at radius 2 is 1.97 bits per heavy atom. The predicted octanol–water partition coefficient (Wildman–Crippen LogP) is 4.46. The van der Waals surface area contributed by atoms with Gasteiger partial charge < -0.3 is 24.6 Å². The Morgan fingerprint density at radius 3 is 2.86 bits per heavy atom. The van der Waals surface area contributed by atoms with Gasteiger partial charge in [-0.2, -0.15) is 0 Å². The van der Waals surface area contributed by atoms with Crippen LogP contribution in [0.15, 0.2) is 41.8 Å². The summed E-state index contributed by atoms with van der Waals surface area (Å²) >= 11 is 1.75. The van der Waals surface area contributed by atoms with Crippen molar-refractivity contribution in [1.29, 1.82) is 0 Å². The SMILES string of the molecule is O=C(NC(Cc1cc(F)c2c(c1)OCCO2)CN1CCCC1)[C@@H]1CCN(c2ccc3ccsc3c2)C1. The summed E-state index contributed by atoms with van der Waals surface area (Å²) in [6, 6.07) is 12.0. The fourth-order valence-electron chi connectivity index (χ4n) is 5.67. The van der Waals surface area contributed by atoms with Crippen molar-refractivity contribution in [2.75, 3.05) is 50.8 Å². The van der Waals surface area contributed by atoms with Crippen LogP contribution in [-0.2, 0) is 11.2 Å². The molecule has 2 aromatic carbocycles. The van der Waals surface area contributed by atoms with Crippen molar-refractivity contribution in [2.45, 2.75) is 31.7 Å². The highest BCUT2D eigenvalue weighted by Gasteiger charge is 2.31. The Kier molecular flexibility index (Phi) is 6.71. The number of anilines is 1. The third-order valence-corrected chi connectivity index (χ3v) is 8.41. The molecule has 190 valence electrons. The van der Waals surface area contributed by atoms with E-state index < -0.39 is 5.82 Å². The van der Waals surface area contributed by atoms with Crippen LogP contribution in [0.2, 0.25) is 0 Å². The van der Waals surface area contributed by atoms with Gasteiger partial charge in [-0.1, -0.05) is 6.07 Å². The number of carbonyl (C=O) groups is 1. The lowest BCUT2D eigenvalue weighted by Crippen LogP contribution is -2.47. The summed E-state index contributed by atoms with van der Waals surface area (Å²) in [5.74, 6) is 0.287. The molecule has 6 rings (SSSR count). The van der Waals surface area contributed by atoms with Crippen LogP contribution >= 0.6 is 11.3 Å². The average Bonchev–Trinajstić information content (AvgIpc) is 3.65. The molecule has 0 spiro atoms. The highest BCUT2D eigenvalue weighted by atomic mass is 32.1. The lowest BCUT2D eigenvalue weighted by atomic mass is 10.0. The molecule has 1 amide bonds. The number of nitrogens with zero attached hydrogens (tertiary/aromatic N) is 2. The standard InChI is InChI=1S/C28H32FN3O3S/c29-24-14-19(15-25-27(24)35-11-10-34-25)13-22(18-31-7-1-2-8-31)30-28(33)21-5-9-32(17-21)23-4-3-20-6-12-36-26(20)16-23/h3-4,6,12,14-16,21-22H,1-2,5,7-11,13,17-18H2,(H,30,33)/t21-,22?/m1/s1. The fourth-order valence-corrected chi connectivity index (χ4v) is 6.49. The quantitative estimate of drug-likeness (QED) is 0.510. The van der Waals surface area contributed by atoms with Crippen LogP contribution in [0.1, 0.15) is 24.8 Å². The number of rotatable bonds is 7. The van der Waals surface area contributed by atoms with E-state index in [0.717, 1.165) is 44.7 Å². The molecule has 3 aliphatic rings. The molecular formula is C28H32FN3O3S. The van der Waals surface area contributed by atoms with Crippen LogP contribution in [0.4, 0.5) is 10.1 Å². The van der Waals surface area contributed by atoms with Crippen LogP contribution in [0.25, 0.3) is 10.1 Å². The van der Waals surface area contributed by atoms with Crippen LogP contribution in [-0.4, -0.2) is 62.8 Å². The molecule has 1 aromatic heterocycles. The van der Waals surface area contributed by atoms with Crippen molar-refractivity contribution in [1.82, 2.24) is 10.2 Å². The summed E-state index contributed by atoms with van der Waals surface area (Å²) in [7, 11) is 0. The number of carbonyl (C=O) groups excluding carboxylic acids is 1. The molecule has 0 bridgehead atoms. The first kappa shape index (κ1) is 23.6. The van der Waals surface area contributed by atoms with Gasteiger partial charge in [0.1, 0.15) is 13.2 Å². The van der Waals surface area contributed by atoms with Crippen molar-refractivity contribution in [3.05, 3.63) is 53.2 Å². The fraction of sp³-hybridized carbons (Fsp3) is 0.464. The first-order valence-electron chi connectivity index (χ1n) is 13.0. The summed E-state index contributed by atoms with van der Waals surface area (Å²) in [6.45, 7) is 5.23. The monoisotopic (exact) mass is 509 g/mol. The minimum atomic E-state index is -0.400. The number of fused-ring (bicyclic) bond motifs is 2. The number of benzene rings is 2. The third kappa shape index (κ3) is 5.02. The van der Waals surface area contributed by atoms with E-state index in [9.17, 15) is 9.18 Å². The van der Waals surface area contributed by atoms with Gasteiger partial charge in [0.15, 0.2) is 17.3 Å². The van der Waals surface area contributed by atoms with Gasteiger partial charge in [0.25, 0.3) is 0 Å². The molecule has 3 aliphatic heterocycles. The van der Waals surface area contributed by atoms with Crippen LogP contribution in [0.3, 0.4) is 0 Å². The number of nitrogens with one attached hydrogen (secondary N) is 1. The van der Waals surface area contributed by atoms with Crippen LogP contribution < -0.4 is 19.7 Å². The van der Waals surface area contributed by atoms with Crippen molar-refractivity contribution in [3.8, 4) is 11.5 Å². The minimum absolute atomic E-state index is 0.0536. The van der Waals surface area contributed by atoms with Crippen molar-refractivity contribution < 1.29 is 18.7 Å². The van der Waals surface area contributed by atoms with Crippen LogP contribution in [0, 0.1) is 11.7 Å². The summed E-state index contributed by atoms with van der Waals surface area (Å²) < 4.78 is 27.0. The Morgan fingerprint density at radius 1 is 1.11 bits per heavy atom. The topological polar surface area (TPSA) is 54.0 Å². The first-order valence-corrected chi connectivity index (χ1v) is 13.8. The number of likely N-dealkylation sites (tertiary alicyclic amines) is 1. The van der Waals surface area contributed by atoms with E-state index >= 15 is 0 Å². The van der Waals surface area contributed by atoms with Gasteiger partial charge in [0.05, 0.1) is 5.92 Å². The number of amides is 1. The highest BCUT2D eigenvalue weighted by Crippen LogP contribution is 2.35. The summed E-state index contributed by atoms with van der Waals surface area (Å²) in [5.41, 5.74) is 2.00. The number of thiophene rings is 1. The number of halogens is 1. The number of hydrogen-bond acceptors (Lipinski definition) is 6. The zero-order valence-corrected chi connectivity index (χ0v) is 21.2. The molecular weight excluding hydrogens is 477 g/mol. The summed E-state index contributed by atoms with van der Waals surface area (Å²) in [6.07, 6.45) is 3.77. The Hall–Kier alpha value is -2.84. The van der Waals surface area contributed by atoms with Gasteiger partial charge in [0, 0.05) is 36.1 Å². The van der Waals surface area contributed by atoms with E-state index in [1.807, 2.05) is 6.07 Å². The molecule has 6 nitrogen and oxygen atoms in total. The molecule has 0 radical (unpaired) electrons. The van der Waals surface area contributed by atoms with Gasteiger partial charge in [-0.05, 0) is 85.4 Å². The van der Waals surface area contributed by atoms with Crippen molar-refractivity contribution in [3.63, 3.8) is 0 Å². The van der Waals surface area contributed by atoms with Crippen molar-refractivity contribution >= 4 is 33.0 Å². The van der Waals surface area contributed by atoms with E-state index in [2.05, 4.69) is 44.8 Å². The second-order valence-corrected chi connectivity index (χ2v) is 11.0. The van der Waals surface area contributed by atoms with E-state index in [0.29, 0.717) is 25.4 Å². The summed E-state index contributed by atoms with van der Waals surface area (Å²) in [4.78, 5) is 18.1. The molecule has 2 fully saturated rings. The average molecular weight is 510 g/mol. The molecule has 4 heterocycles. The predicted molar refractivity (Wildman–Crippen MR) is 141 cm³/mol. The number of ether oxygens (including phenoxy) is 2. The molecule has 1 N–H and O–H groups in total.